The zero-order valence-electron chi connectivity index (χ0n) is 14.9. The maximum Gasteiger partial charge on any atom is 0.219 e. The third kappa shape index (κ3) is 3.30. The summed E-state index contributed by atoms with van der Waals surface area (Å²) in [6, 6.07) is 6.36. The lowest BCUT2D eigenvalue weighted by Gasteiger charge is -2.42. The van der Waals surface area contributed by atoms with Crippen LogP contribution in [-0.4, -0.2) is 47.5 Å². The first-order valence-corrected chi connectivity index (χ1v) is 9.29. The van der Waals surface area contributed by atoms with Gasteiger partial charge in [-0.05, 0) is 31.7 Å². The van der Waals surface area contributed by atoms with E-state index < -0.39 is 0 Å². The molecule has 4 heteroatoms. The third-order valence-corrected chi connectivity index (χ3v) is 5.81. The number of ether oxygens (including phenoxy) is 1. The molecule has 3 aliphatic rings. The van der Waals surface area contributed by atoms with E-state index in [9.17, 15) is 4.79 Å². The zero-order chi connectivity index (χ0) is 16.7. The quantitative estimate of drug-likeness (QED) is 0.837. The Morgan fingerprint density at radius 2 is 2.04 bits per heavy atom. The first-order chi connectivity index (χ1) is 11.5. The molecule has 1 aromatic rings. The maximum atomic E-state index is 12.2. The topological polar surface area (TPSA) is 32.8 Å². The number of likely N-dealkylation sites (tertiary alicyclic amines) is 1. The van der Waals surface area contributed by atoms with Gasteiger partial charge < -0.3 is 14.5 Å². The summed E-state index contributed by atoms with van der Waals surface area (Å²) in [5.74, 6) is 2.05. The molecule has 4 rings (SSSR count). The molecule has 2 aliphatic heterocycles. The van der Waals surface area contributed by atoms with Crippen molar-refractivity contribution in [2.45, 2.75) is 51.7 Å². The summed E-state index contributed by atoms with van der Waals surface area (Å²) < 4.78 is 6.57. The van der Waals surface area contributed by atoms with Crippen molar-refractivity contribution in [3.05, 3.63) is 29.3 Å². The molecule has 1 aromatic carbocycles. The van der Waals surface area contributed by atoms with Crippen LogP contribution in [0.4, 0.5) is 0 Å². The molecule has 0 N–H and O–H groups in total. The number of carbonyl (C=O) groups excluding carboxylic acids is 1. The van der Waals surface area contributed by atoms with Gasteiger partial charge in [0, 0.05) is 51.5 Å². The lowest BCUT2D eigenvalue weighted by Crippen LogP contribution is -2.54. The molecule has 1 saturated heterocycles. The summed E-state index contributed by atoms with van der Waals surface area (Å²) in [7, 11) is 0. The fourth-order valence-electron chi connectivity index (χ4n) is 4.10. The number of aryl methyl sites for hydroxylation is 1. The number of benzene rings is 1. The van der Waals surface area contributed by atoms with Crippen LogP contribution in [0.15, 0.2) is 18.2 Å². The van der Waals surface area contributed by atoms with E-state index in [4.69, 9.17) is 4.74 Å². The number of fused-ring (bicyclic) bond motifs is 1. The highest BCUT2D eigenvalue weighted by Gasteiger charge is 2.42. The number of piperidine rings is 1. The molecule has 2 heterocycles. The molecular formula is C20H28N2O2. The first kappa shape index (κ1) is 15.9. The molecule has 24 heavy (non-hydrogen) atoms. The average Bonchev–Trinajstić information content (AvgIpc) is 3.36. The van der Waals surface area contributed by atoms with Crippen molar-refractivity contribution in [1.82, 2.24) is 9.80 Å². The van der Waals surface area contributed by atoms with Crippen molar-refractivity contribution in [2.75, 3.05) is 26.2 Å². The molecule has 4 nitrogen and oxygen atoms in total. The van der Waals surface area contributed by atoms with E-state index in [2.05, 4.69) is 30.0 Å². The molecule has 0 radical (unpaired) electrons. The van der Waals surface area contributed by atoms with E-state index in [1.807, 2.05) is 4.90 Å². The van der Waals surface area contributed by atoms with E-state index >= 15 is 0 Å². The molecule has 1 aliphatic carbocycles. The van der Waals surface area contributed by atoms with E-state index in [1.165, 1.54) is 24.9 Å². The van der Waals surface area contributed by atoms with Gasteiger partial charge in [0.25, 0.3) is 0 Å². The van der Waals surface area contributed by atoms with E-state index in [1.54, 1.807) is 6.92 Å². The highest BCUT2D eigenvalue weighted by atomic mass is 16.5. The van der Waals surface area contributed by atoms with Gasteiger partial charge in [-0.2, -0.15) is 0 Å². The van der Waals surface area contributed by atoms with Crippen molar-refractivity contribution in [2.24, 2.45) is 5.92 Å². The van der Waals surface area contributed by atoms with Gasteiger partial charge in [0.15, 0.2) is 0 Å². The number of hydrogen-bond acceptors (Lipinski definition) is 3. The first-order valence-electron chi connectivity index (χ1n) is 9.29. The van der Waals surface area contributed by atoms with E-state index in [0.29, 0.717) is 13.1 Å². The molecule has 0 unspecified atom stereocenters. The Bertz CT molecular complexity index is 631. The second-order valence-corrected chi connectivity index (χ2v) is 8.02. The fourth-order valence-corrected chi connectivity index (χ4v) is 4.10. The number of carbonyl (C=O) groups is 1. The smallest absolute Gasteiger partial charge is 0.219 e. The van der Waals surface area contributed by atoms with Crippen molar-refractivity contribution >= 4 is 5.91 Å². The van der Waals surface area contributed by atoms with Crippen molar-refractivity contribution in [3.8, 4) is 5.75 Å². The van der Waals surface area contributed by atoms with Crippen LogP contribution in [0.5, 0.6) is 5.75 Å². The largest absolute Gasteiger partial charge is 0.485 e. The van der Waals surface area contributed by atoms with Crippen LogP contribution in [0.3, 0.4) is 0 Å². The summed E-state index contributed by atoms with van der Waals surface area (Å²) in [6.07, 6.45) is 4.83. The summed E-state index contributed by atoms with van der Waals surface area (Å²) in [5.41, 5.74) is 2.14. The lowest BCUT2D eigenvalue weighted by molar-refractivity contribution is -0.132. The minimum Gasteiger partial charge on any atom is -0.485 e. The number of amides is 1. The molecule has 130 valence electrons. The minimum atomic E-state index is -0.216. The van der Waals surface area contributed by atoms with E-state index in [-0.39, 0.29) is 11.5 Å². The van der Waals surface area contributed by atoms with Crippen LogP contribution in [0.1, 0.15) is 43.7 Å². The van der Waals surface area contributed by atoms with Crippen LogP contribution >= 0.6 is 0 Å². The van der Waals surface area contributed by atoms with Gasteiger partial charge in [-0.1, -0.05) is 17.7 Å². The standard InChI is InChI=1S/C20H28N2O2/c1-15-3-6-19-18(11-15)13-22(16(2)23)14-20(24-19)7-9-21(10-8-20)12-17-4-5-17/h3,6,11,17H,4-5,7-10,12-14H2,1-2H3. The predicted molar refractivity (Wildman–Crippen MR) is 94.0 cm³/mol. The highest BCUT2D eigenvalue weighted by Crippen LogP contribution is 2.37. The van der Waals surface area contributed by atoms with Crippen molar-refractivity contribution < 1.29 is 9.53 Å². The Morgan fingerprint density at radius 1 is 1.29 bits per heavy atom. The van der Waals surface area contributed by atoms with Gasteiger partial charge in [0.2, 0.25) is 5.91 Å². The average molecular weight is 328 g/mol. The van der Waals surface area contributed by atoms with Gasteiger partial charge in [-0.3, -0.25) is 4.79 Å². The van der Waals surface area contributed by atoms with Crippen molar-refractivity contribution in [3.63, 3.8) is 0 Å². The normalized spacial score (nSPS) is 23.5. The zero-order valence-corrected chi connectivity index (χ0v) is 14.9. The van der Waals surface area contributed by atoms with Gasteiger partial charge in [-0.15, -0.1) is 0 Å². The lowest BCUT2D eigenvalue weighted by atomic mass is 9.90. The number of nitrogens with zero attached hydrogens (tertiary/aromatic N) is 2. The fraction of sp³-hybridized carbons (Fsp3) is 0.650. The second kappa shape index (κ2) is 6.07. The molecule has 2 fully saturated rings. The van der Waals surface area contributed by atoms with E-state index in [0.717, 1.165) is 43.2 Å². The van der Waals surface area contributed by atoms with Gasteiger partial charge in [0.05, 0.1) is 6.54 Å². The molecule has 0 aromatic heterocycles. The van der Waals surface area contributed by atoms with Crippen LogP contribution < -0.4 is 4.74 Å². The molecule has 1 saturated carbocycles. The van der Waals surface area contributed by atoms with Crippen LogP contribution in [0, 0.1) is 12.8 Å². The second-order valence-electron chi connectivity index (χ2n) is 8.02. The molecule has 1 spiro atoms. The Hall–Kier alpha value is -1.55. The molecule has 0 bridgehead atoms. The SMILES string of the molecule is CC(=O)N1Cc2cc(C)ccc2OC2(CCN(CC3CC3)CC2)C1. The Balaban J connectivity index is 1.55. The minimum absolute atomic E-state index is 0.146. The highest BCUT2D eigenvalue weighted by molar-refractivity contribution is 5.73. The Morgan fingerprint density at radius 3 is 2.71 bits per heavy atom. The molecular weight excluding hydrogens is 300 g/mol. The predicted octanol–water partition coefficient (Wildman–Crippen LogP) is 2.98. The van der Waals surface area contributed by atoms with Gasteiger partial charge in [0.1, 0.15) is 11.4 Å². The Kier molecular flexibility index (Phi) is 4.03. The number of hydrogen-bond donors (Lipinski definition) is 0. The van der Waals surface area contributed by atoms with Crippen LogP contribution in [-0.2, 0) is 11.3 Å². The number of rotatable bonds is 2. The monoisotopic (exact) mass is 328 g/mol. The molecule has 1 amide bonds. The summed E-state index contributed by atoms with van der Waals surface area (Å²) in [4.78, 5) is 16.7. The summed E-state index contributed by atoms with van der Waals surface area (Å²) >= 11 is 0. The molecule has 0 atom stereocenters. The Labute approximate surface area is 144 Å². The van der Waals surface area contributed by atoms with Crippen molar-refractivity contribution in [1.29, 1.82) is 0 Å². The maximum absolute atomic E-state index is 12.2. The van der Waals surface area contributed by atoms with Gasteiger partial charge >= 0.3 is 0 Å². The van der Waals surface area contributed by atoms with Crippen LogP contribution in [0.2, 0.25) is 0 Å². The van der Waals surface area contributed by atoms with Crippen LogP contribution in [0.25, 0.3) is 0 Å². The summed E-state index contributed by atoms with van der Waals surface area (Å²) in [6.45, 7) is 8.58. The third-order valence-electron chi connectivity index (χ3n) is 5.81. The summed E-state index contributed by atoms with van der Waals surface area (Å²) in [5, 5.41) is 0. The van der Waals surface area contributed by atoms with Gasteiger partial charge in [-0.25, -0.2) is 0 Å².